The number of amides is 1. The Hall–Kier alpha value is -1.59. The number of nitrogens with zero attached hydrogens (tertiary/aromatic N) is 2. The first-order valence-electron chi connectivity index (χ1n) is 4.01. The van der Waals surface area contributed by atoms with E-state index in [1.165, 1.54) is 6.39 Å². The van der Waals surface area contributed by atoms with Crippen molar-refractivity contribution in [2.75, 3.05) is 0 Å². The fourth-order valence-electron chi connectivity index (χ4n) is 1.47. The molecule has 0 atom stereocenters. The highest BCUT2D eigenvalue weighted by molar-refractivity contribution is 5.65. The van der Waals surface area contributed by atoms with Crippen molar-refractivity contribution < 1.29 is 14.3 Å². The van der Waals surface area contributed by atoms with Gasteiger partial charge < -0.3 is 14.8 Å². The van der Waals surface area contributed by atoms with Gasteiger partial charge in [0.15, 0.2) is 0 Å². The van der Waals surface area contributed by atoms with E-state index >= 15 is 0 Å². The van der Waals surface area contributed by atoms with E-state index in [0.717, 1.165) is 12.8 Å². The highest BCUT2D eigenvalue weighted by Gasteiger charge is 2.34. The van der Waals surface area contributed by atoms with Gasteiger partial charge in [-0.3, -0.25) is 0 Å². The van der Waals surface area contributed by atoms with E-state index in [-0.39, 0.29) is 12.0 Å². The topological polar surface area (TPSA) is 88.2 Å². The average molecular weight is 183 g/mol. The Labute approximate surface area is 74.0 Å². The van der Waals surface area contributed by atoms with Gasteiger partial charge in [0.2, 0.25) is 12.3 Å². The Morgan fingerprint density at radius 1 is 1.69 bits per heavy atom. The SMILES string of the molecule is O=C(O)N[C@H]1C[C@H](c2nnco2)C1. The lowest BCUT2D eigenvalue weighted by Crippen LogP contribution is -2.42. The molecule has 0 saturated heterocycles. The van der Waals surface area contributed by atoms with Crippen LogP contribution in [0.5, 0.6) is 0 Å². The minimum atomic E-state index is -0.978. The van der Waals surface area contributed by atoms with Gasteiger partial charge in [-0.2, -0.15) is 0 Å². The molecule has 0 unspecified atom stereocenters. The predicted octanol–water partition coefficient (Wildman–Crippen LogP) is 0.583. The van der Waals surface area contributed by atoms with Crippen LogP contribution in [-0.4, -0.2) is 27.4 Å². The van der Waals surface area contributed by atoms with Gasteiger partial charge in [-0.1, -0.05) is 0 Å². The Morgan fingerprint density at radius 3 is 3.00 bits per heavy atom. The van der Waals surface area contributed by atoms with Crippen LogP contribution < -0.4 is 5.32 Å². The molecule has 1 amide bonds. The lowest BCUT2D eigenvalue weighted by molar-refractivity contribution is 0.174. The summed E-state index contributed by atoms with van der Waals surface area (Å²) in [6, 6.07) is 0.0365. The number of rotatable bonds is 2. The number of aromatic nitrogens is 2. The third-order valence-corrected chi connectivity index (χ3v) is 2.19. The van der Waals surface area contributed by atoms with Gasteiger partial charge in [-0.25, -0.2) is 4.79 Å². The first-order chi connectivity index (χ1) is 6.25. The van der Waals surface area contributed by atoms with Gasteiger partial charge >= 0.3 is 6.09 Å². The first-order valence-corrected chi connectivity index (χ1v) is 4.01. The second-order valence-corrected chi connectivity index (χ2v) is 3.09. The van der Waals surface area contributed by atoms with Crippen molar-refractivity contribution in [1.29, 1.82) is 0 Å². The van der Waals surface area contributed by atoms with E-state index in [0.29, 0.717) is 5.89 Å². The van der Waals surface area contributed by atoms with Crippen molar-refractivity contribution in [2.45, 2.75) is 24.8 Å². The molecule has 1 aromatic heterocycles. The summed E-state index contributed by atoms with van der Waals surface area (Å²) in [5.74, 6) is 0.822. The molecular formula is C7H9N3O3. The number of nitrogens with one attached hydrogen (secondary N) is 1. The molecule has 0 bridgehead atoms. The molecule has 1 fully saturated rings. The van der Waals surface area contributed by atoms with Gasteiger partial charge in [0, 0.05) is 12.0 Å². The monoisotopic (exact) mass is 183 g/mol. The fourth-order valence-corrected chi connectivity index (χ4v) is 1.47. The second kappa shape index (κ2) is 3.04. The second-order valence-electron chi connectivity index (χ2n) is 3.09. The van der Waals surface area contributed by atoms with Gasteiger partial charge in [0.25, 0.3) is 0 Å². The van der Waals surface area contributed by atoms with Crippen LogP contribution in [0.25, 0.3) is 0 Å². The summed E-state index contributed by atoms with van der Waals surface area (Å²) in [4.78, 5) is 10.2. The van der Waals surface area contributed by atoms with Crippen LogP contribution in [0.4, 0.5) is 4.79 Å². The van der Waals surface area contributed by atoms with E-state index in [4.69, 9.17) is 9.52 Å². The molecule has 1 saturated carbocycles. The van der Waals surface area contributed by atoms with Crippen LogP contribution in [0.2, 0.25) is 0 Å². The minimum absolute atomic E-state index is 0.0365. The average Bonchev–Trinajstić information content (AvgIpc) is 2.46. The number of hydrogen-bond acceptors (Lipinski definition) is 4. The zero-order valence-electron chi connectivity index (χ0n) is 6.80. The van der Waals surface area contributed by atoms with Crippen LogP contribution in [0, 0.1) is 0 Å². The van der Waals surface area contributed by atoms with Crippen molar-refractivity contribution in [1.82, 2.24) is 15.5 Å². The van der Waals surface area contributed by atoms with E-state index in [9.17, 15) is 4.79 Å². The molecule has 0 aliphatic heterocycles. The molecule has 1 aliphatic rings. The van der Waals surface area contributed by atoms with E-state index < -0.39 is 6.09 Å². The van der Waals surface area contributed by atoms with Crippen molar-refractivity contribution >= 4 is 6.09 Å². The molecule has 70 valence electrons. The largest absolute Gasteiger partial charge is 0.465 e. The maximum absolute atomic E-state index is 10.2. The summed E-state index contributed by atoms with van der Waals surface area (Å²) in [6.07, 6.45) is 1.80. The molecule has 13 heavy (non-hydrogen) atoms. The van der Waals surface area contributed by atoms with Gasteiger partial charge in [-0.05, 0) is 12.8 Å². The van der Waals surface area contributed by atoms with E-state index in [1.807, 2.05) is 0 Å². The maximum atomic E-state index is 10.2. The van der Waals surface area contributed by atoms with E-state index in [1.54, 1.807) is 0 Å². The van der Waals surface area contributed by atoms with Gasteiger partial charge in [-0.15, -0.1) is 10.2 Å². The molecule has 0 spiro atoms. The minimum Gasteiger partial charge on any atom is -0.465 e. The summed E-state index contributed by atoms with van der Waals surface area (Å²) in [5, 5.41) is 18.1. The Kier molecular flexibility index (Phi) is 1.88. The van der Waals surface area contributed by atoms with Crippen LogP contribution in [0.3, 0.4) is 0 Å². The molecule has 2 N–H and O–H groups in total. The zero-order valence-corrected chi connectivity index (χ0v) is 6.80. The summed E-state index contributed by atoms with van der Waals surface area (Å²) in [6.45, 7) is 0. The summed E-state index contributed by atoms with van der Waals surface area (Å²) < 4.78 is 4.99. The molecule has 1 aromatic rings. The molecule has 1 heterocycles. The third kappa shape index (κ3) is 1.61. The van der Waals surface area contributed by atoms with Crippen LogP contribution in [0.1, 0.15) is 24.7 Å². The highest BCUT2D eigenvalue weighted by atomic mass is 16.4. The number of hydrogen-bond donors (Lipinski definition) is 2. The maximum Gasteiger partial charge on any atom is 0.404 e. The van der Waals surface area contributed by atoms with Crippen molar-refractivity contribution in [3.05, 3.63) is 12.3 Å². The fraction of sp³-hybridized carbons (Fsp3) is 0.571. The summed E-state index contributed by atoms with van der Waals surface area (Å²) in [7, 11) is 0. The molecular weight excluding hydrogens is 174 g/mol. The third-order valence-electron chi connectivity index (χ3n) is 2.19. The standard InChI is InChI=1S/C7H9N3O3/c11-7(12)9-5-1-4(2-5)6-10-8-3-13-6/h3-5,9H,1-2H2,(H,11,12)/t4-,5-. The molecule has 0 radical (unpaired) electrons. The van der Waals surface area contributed by atoms with Crippen LogP contribution >= 0.6 is 0 Å². The molecule has 6 nitrogen and oxygen atoms in total. The van der Waals surface area contributed by atoms with Gasteiger partial charge in [0.1, 0.15) is 0 Å². The smallest absolute Gasteiger partial charge is 0.404 e. The number of carboxylic acid groups (broad SMARTS) is 1. The van der Waals surface area contributed by atoms with E-state index in [2.05, 4.69) is 15.5 Å². The van der Waals surface area contributed by atoms with Crippen LogP contribution in [0.15, 0.2) is 10.8 Å². The molecule has 1 aliphatic carbocycles. The van der Waals surface area contributed by atoms with Crippen molar-refractivity contribution in [3.8, 4) is 0 Å². The lowest BCUT2D eigenvalue weighted by Gasteiger charge is -2.32. The Balaban J connectivity index is 1.82. The van der Waals surface area contributed by atoms with Crippen LogP contribution in [-0.2, 0) is 0 Å². The zero-order chi connectivity index (χ0) is 9.26. The Morgan fingerprint density at radius 2 is 2.46 bits per heavy atom. The highest BCUT2D eigenvalue weighted by Crippen LogP contribution is 2.35. The van der Waals surface area contributed by atoms with Gasteiger partial charge in [0.05, 0.1) is 0 Å². The van der Waals surface area contributed by atoms with Crippen molar-refractivity contribution in [2.24, 2.45) is 0 Å². The molecule has 2 rings (SSSR count). The lowest BCUT2D eigenvalue weighted by atomic mass is 9.80. The first kappa shape index (κ1) is 8.03. The summed E-state index contributed by atoms with van der Waals surface area (Å²) >= 11 is 0. The quantitative estimate of drug-likeness (QED) is 0.700. The van der Waals surface area contributed by atoms with Crippen molar-refractivity contribution in [3.63, 3.8) is 0 Å². The number of carbonyl (C=O) groups is 1. The molecule has 0 aromatic carbocycles. The summed E-state index contributed by atoms with van der Waals surface area (Å²) in [5.41, 5.74) is 0. The molecule has 6 heteroatoms. The normalized spacial score (nSPS) is 26.5. The Bertz CT molecular complexity index is 292. The predicted molar refractivity (Wildman–Crippen MR) is 41.2 cm³/mol.